The molecule has 138 valence electrons. The Labute approximate surface area is 164 Å². The fourth-order valence-electron chi connectivity index (χ4n) is 2.48. The van der Waals surface area contributed by atoms with E-state index in [1.165, 1.54) is 0 Å². The Kier molecular flexibility index (Phi) is 6.68. The highest BCUT2D eigenvalue weighted by Gasteiger charge is 2.38. The van der Waals surface area contributed by atoms with Crippen molar-refractivity contribution in [3.8, 4) is 0 Å². The van der Waals surface area contributed by atoms with Crippen LogP contribution in [0.3, 0.4) is 0 Å². The third-order valence-corrected chi connectivity index (χ3v) is 4.90. The Morgan fingerprint density at radius 3 is 2.27 bits per heavy atom. The van der Waals surface area contributed by atoms with Crippen molar-refractivity contribution in [3.05, 3.63) is 64.1 Å². The highest BCUT2D eigenvalue weighted by atomic mass is 35.5. The van der Waals surface area contributed by atoms with Gasteiger partial charge in [0.25, 0.3) is 0 Å². The summed E-state index contributed by atoms with van der Waals surface area (Å²) in [7, 11) is 0. The maximum Gasteiger partial charge on any atom is 0.239 e. The number of amides is 2. The zero-order valence-electron chi connectivity index (χ0n) is 15.1. The number of anilines is 1. The smallest absolute Gasteiger partial charge is 0.239 e. The molecule has 2 aromatic rings. The summed E-state index contributed by atoms with van der Waals surface area (Å²) in [6.45, 7) is 6.11. The Morgan fingerprint density at radius 1 is 1.04 bits per heavy atom. The molecule has 0 saturated heterocycles. The lowest BCUT2D eigenvalue weighted by molar-refractivity contribution is -0.146. The third kappa shape index (κ3) is 4.77. The van der Waals surface area contributed by atoms with Crippen LogP contribution in [0.15, 0.2) is 48.5 Å². The first-order valence-corrected chi connectivity index (χ1v) is 9.11. The summed E-state index contributed by atoms with van der Waals surface area (Å²) >= 11 is 11.9. The summed E-state index contributed by atoms with van der Waals surface area (Å²) < 4.78 is 0. The zero-order valence-corrected chi connectivity index (χ0v) is 16.6. The van der Waals surface area contributed by atoms with Gasteiger partial charge in [-0.3, -0.25) is 9.59 Å². The first-order chi connectivity index (χ1) is 12.3. The van der Waals surface area contributed by atoms with Crippen LogP contribution in [-0.2, 0) is 16.1 Å². The molecular formula is C20H22Cl2N2O2. The number of carbonyl (C=O) groups is 2. The van der Waals surface area contributed by atoms with Crippen molar-refractivity contribution in [2.75, 3.05) is 11.9 Å². The fourth-order valence-corrected chi connectivity index (χ4v) is 2.78. The average Bonchev–Trinajstić information content (AvgIpc) is 2.63. The molecule has 0 aliphatic carbocycles. The molecule has 26 heavy (non-hydrogen) atoms. The molecule has 0 heterocycles. The average molecular weight is 393 g/mol. The number of benzene rings is 2. The molecule has 2 rings (SSSR count). The molecule has 0 bridgehead atoms. The maximum absolute atomic E-state index is 13.0. The number of nitrogens with zero attached hydrogens (tertiary/aromatic N) is 1. The summed E-state index contributed by atoms with van der Waals surface area (Å²) in [4.78, 5) is 27.4. The number of hydrogen-bond donors (Lipinski definition) is 1. The minimum Gasteiger partial charge on any atom is -0.338 e. The molecule has 0 saturated carbocycles. The Hall–Kier alpha value is -2.04. The van der Waals surface area contributed by atoms with Crippen LogP contribution in [0.25, 0.3) is 0 Å². The van der Waals surface area contributed by atoms with Crippen LogP contribution < -0.4 is 5.32 Å². The maximum atomic E-state index is 13.0. The first kappa shape index (κ1) is 20.3. The normalized spacial score (nSPS) is 11.1. The van der Waals surface area contributed by atoms with Gasteiger partial charge in [-0.15, -0.1) is 0 Å². The highest BCUT2D eigenvalue weighted by molar-refractivity contribution is 6.42. The van der Waals surface area contributed by atoms with E-state index in [4.69, 9.17) is 23.2 Å². The molecule has 2 aromatic carbocycles. The second-order valence-electron chi connectivity index (χ2n) is 6.51. The molecule has 0 spiro atoms. The van der Waals surface area contributed by atoms with Gasteiger partial charge in [0.1, 0.15) is 5.41 Å². The van der Waals surface area contributed by atoms with Gasteiger partial charge in [-0.1, -0.05) is 53.5 Å². The molecule has 1 N–H and O–H groups in total. The van der Waals surface area contributed by atoms with Gasteiger partial charge in [0.15, 0.2) is 0 Å². The molecule has 4 nitrogen and oxygen atoms in total. The quantitative estimate of drug-likeness (QED) is 0.702. The molecule has 0 aliphatic heterocycles. The summed E-state index contributed by atoms with van der Waals surface area (Å²) in [5.41, 5.74) is 0.288. The van der Waals surface area contributed by atoms with Crippen molar-refractivity contribution in [3.63, 3.8) is 0 Å². The Morgan fingerprint density at radius 2 is 1.69 bits per heavy atom. The molecule has 0 radical (unpaired) electrons. The van der Waals surface area contributed by atoms with Crippen molar-refractivity contribution in [2.24, 2.45) is 5.41 Å². The van der Waals surface area contributed by atoms with Crippen molar-refractivity contribution in [1.82, 2.24) is 4.90 Å². The predicted octanol–water partition coefficient (Wildman–Crippen LogP) is 5.01. The molecule has 2 amide bonds. The number of halogens is 2. The van der Waals surface area contributed by atoms with Gasteiger partial charge in [-0.05, 0) is 44.5 Å². The molecule has 0 fully saturated rings. The minimum absolute atomic E-state index is 0.235. The van der Waals surface area contributed by atoms with Gasteiger partial charge in [0.05, 0.1) is 10.0 Å². The first-order valence-electron chi connectivity index (χ1n) is 8.35. The lowest BCUT2D eigenvalue weighted by Crippen LogP contribution is -2.47. The third-order valence-electron chi connectivity index (χ3n) is 4.16. The van der Waals surface area contributed by atoms with E-state index >= 15 is 0 Å². The Balaban J connectivity index is 2.13. The lowest BCUT2D eigenvalue weighted by Gasteiger charge is -2.30. The molecule has 0 aromatic heterocycles. The van der Waals surface area contributed by atoms with Crippen molar-refractivity contribution in [2.45, 2.75) is 27.3 Å². The van der Waals surface area contributed by atoms with E-state index in [2.05, 4.69) is 5.32 Å². The fraction of sp³-hybridized carbons (Fsp3) is 0.300. The van der Waals surface area contributed by atoms with E-state index in [1.807, 2.05) is 37.3 Å². The van der Waals surface area contributed by atoms with Crippen LogP contribution in [-0.4, -0.2) is 23.3 Å². The van der Waals surface area contributed by atoms with Crippen LogP contribution >= 0.6 is 23.2 Å². The zero-order chi connectivity index (χ0) is 19.3. The van der Waals surface area contributed by atoms with E-state index in [9.17, 15) is 9.59 Å². The standard InChI is InChI=1S/C20H22Cl2N2O2/c1-4-24(13-14-8-6-5-7-9-14)19(26)20(2,3)18(25)23-15-10-11-16(21)17(22)12-15/h5-12H,4,13H2,1-3H3,(H,23,25). The largest absolute Gasteiger partial charge is 0.338 e. The van der Waals surface area contributed by atoms with Crippen molar-refractivity contribution >= 4 is 40.7 Å². The summed E-state index contributed by atoms with van der Waals surface area (Å²) in [6.07, 6.45) is 0. The van der Waals surface area contributed by atoms with E-state index in [0.29, 0.717) is 28.8 Å². The second-order valence-corrected chi connectivity index (χ2v) is 7.33. The number of hydrogen-bond acceptors (Lipinski definition) is 2. The number of rotatable bonds is 6. The predicted molar refractivity (Wildman–Crippen MR) is 106 cm³/mol. The van der Waals surface area contributed by atoms with Crippen LogP contribution in [0.5, 0.6) is 0 Å². The van der Waals surface area contributed by atoms with Crippen molar-refractivity contribution in [1.29, 1.82) is 0 Å². The van der Waals surface area contributed by atoms with Gasteiger partial charge < -0.3 is 10.2 Å². The minimum atomic E-state index is -1.23. The van der Waals surface area contributed by atoms with E-state index in [0.717, 1.165) is 5.56 Å². The monoisotopic (exact) mass is 392 g/mol. The van der Waals surface area contributed by atoms with E-state index < -0.39 is 11.3 Å². The molecule has 0 aliphatic rings. The molecule has 0 atom stereocenters. The van der Waals surface area contributed by atoms with Gasteiger partial charge in [-0.2, -0.15) is 0 Å². The summed E-state index contributed by atoms with van der Waals surface area (Å²) in [5, 5.41) is 3.49. The number of nitrogens with one attached hydrogen (secondary N) is 1. The highest BCUT2D eigenvalue weighted by Crippen LogP contribution is 2.27. The van der Waals surface area contributed by atoms with Gasteiger partial charge in [-0.25, -0.2) is 0 Å². The van der Waals surface area contributed by atoms with Crippen LogP contribution in [0.1, 0.15) is 26.3 Å². The van der Waals surface area contributed by atoms with Gasteiger partial charge in [0, 0.05) is 18.8 Å². The topological polar surface area (TPSA) is 49.4 Å². The Bertz CT molecular complexity index is 792. The van der Waals surface area contributed by atoms with E-state index in [1.54, 1.807) is 36.9 Å². The van der Waals surface area contributed by atoms with E-state index in [-0.39, 0.29) is 5.91 Å². The van der Waals surface area contributed by atoms with Crippen LogP contribution in [0.2, 0.25) is 10.0 Å². The lowest BCUT2D eigenvalue weighted by atomic mass is 9.90. The van der Waals surface area contributed by atoms with Crippen LogP contribution in [0, 0.1) is 5.41 Å². The molecular weight excluding hydrogens is 371 g/mol. The van der Waals surface area contributed by atoms with Gasteiger partial charge >= 0.3 is 0 Å². The molecule has 0 unspecified atom stereocenters. The SMILES string of the molecule is CCN(Cc1ccccc1)C(=O)C(C)(C)C(=O)Nc1ccc(Cl)c(Cl)c1. The number of carbonyl (C=O) groups excluding carboxylic acids is 2. The van der Waals surface area contributed by atoms with Crippen LogP contribution in [0.4, 0.5) is 5.69 Å². The summed E-state index contributed by atoms with van der Waals surface area (Å²) in [5.74, 6) is -0.631. The molecule has 6 heteroatoms. The van der Waals surface area contributed by atoms with Crippen molar-refractivity contribution < 1.29 is 9.59 Å². The second kappa shape index (κ2) is 8.56. The van der Waals surface area contributed by atoms with Gasteiger partial charge in [0.2, 0.25) is 11.8 Å². The summed E-state index contributed by atoms with van der Waals surface area (Å²) in [6, 6.07) is 14.5.